The second-order valence-corrected chi connectivity index (χ2v) is 9.88. The molecule has 0 saturated carbocycles. The molecule has 4 aromatic carbocycles. The van der Waals surface area contributed by atoms with Crippen LogP contribution in [0.2, 0.25) is 0 Å². The topological polar surface area (TPSA) is 17.8 Å². The van der Waals surface area contributed by atoms with Crippen LogP contribution >= 0.6 is 11.3 Å². The number of rotatable bonds is 4. The van der Waals surface area contributed by atoms with Crippen LogP contribution in [0.5, 0.6) is 0 Å². The van der Waals surface area contributed by atoms with Gasteiger partial charge in [-0.1, -0.05) is 97.1 Å². The quantitative estimate of drug-likeness (QED) is 0.246. The summed E-state index contributed by atoms with van der Waals surface area (Å²) in [4.78, 5) is 6.95. The van der Waals surface area contributed by atoms with Crippen LogP contribution in [0.15, 0.2) is 134 Å². The van der Waals surface area contributed by atoms with E-state index in [0.717, 1.165) is 11.3 Å². The predicted molar refractivity (Wildman–Crippen MR) is 153 cm³/mol. The van der Waals surface area contributed by atoms with Gasteiger partial charge in [0, 0.05) is 39.3 Å². The summed E-state index contributed by atoms with van der Waals surface area (Å²) in [5, 5.41) is 2.57. The van der Waals surface area contributed by atoms with Crippen molar-refractivity contribution in [3.05, 3.63) is 134 Å². The number of aromatic nitrogens is 2. The molecule has 3 heterocycles. The van der Waals surface area contributed by atoms with Gasteiger partial charge in [0.15, 0.2) is 0 Å². The fourth-order valence-electron chi connectivity index (χ4n) is 5.07. The largest absolute Gasteiger partial charge is 0.308 e. The molecule has 0 saturated heterocycles. The van der Waals surface area contributed by atoms with Gasteiger partial charge >= 0.3 is 0 Å². The maximum Gasteiger partial charge on any atom is 0.0734 e. The van der Waals surface area contributed by atoms with E-state index in [-0.39, 0.29) is 0 Å². The number of para-hydroxylation sites is 1. The molecular formula is C33H22N2S. The smallest absolute Gasteiger partial charge is 0.0734 e. The lowest BCUT2D eigenvalue weighted by molar-refractivity contribution is 1.18. The normalized spacial score (nSPS) is 11.3. The molecule has 0 amide bonds. The van der Waals surface area contributed by atoms with E-state index in [9.17, 15) is 0 Å². The molecule has 0 fully saturated rings. The maximum atomic E-state index is 4.36. The maximum absolute atomic E-state index is 4.36. The zero-order valence-electron chi connectivity index (χ0n) is 19.5. The standard InChI is InChI=1S/C33H22N2S/c1-4-11-23(12-5-1)32-30-28-19-18-25(26-15-10-20-34-22-26)21-29(28)35(27-16-8-3-9-17-27)31(30)33(36-32)24-13-6-2-7-14-24/h1-22H. The third kappa shape index (κ3) is 3.36. The number of nitrogens with zero attached hydrogens (tertiary/aromatic N) is 2. The van der Waals surface area contributed by atoms with Crippen molar-refractivity contribution in [2.45, 2.75) is 0 Å². The Balaban J connectivity index is 1.65. The molecule has 3 heteroatoms. The number of fused-ring (bicyclic) bond motifs is 3. The van der Waals surface area contributed by atoms with Gasteiger partial charge in [0.2, 0.25) is 0 Å². The molecule has 0 N–H and O–H groups in total. The van der Waals surface area contributed by atoms with Gasteiger partial charge in [-0.15, -0.1) is 11.3 Å². The van der Waals surface area contributed by atoms with E-state index < -0.39 is 0 Å². The van der Waals surface area contributed by atoms with Crippen LogP contribution in [0.3, 0.4) is 0 Å². The average molecular weight is 479 g/mol. The first-order chi connectivity index (χ1) is 17.9. The van der Waals surface area contributed by atoms with Crippen molar-refractivity contribution in [1.29, 1.82) is 0 Å². The first kappa shape index (κ1) is 20.9. The van der Waals surface area contributed by atoms with Crippen LogP contribution < -0.4 is 0 Å². The predicted octanol–water partition coefficient (Wildman–Crippen LogP) is 9.24. The Morgan fingerprint density at radius 3 is 1.86 bits per heavy atom. The molecule has 0 spiro atoms. The summed E-state index contributed by atoms with van der Waals surface area (Å²) in [5.74, 6) is 0. The van der Waals surface area contributed by atoms with E-state index in [0.29, 0.717) is 0 Å². The Bertz CT molecular complexity index is 1800. The van der Waals surface area contributed by atoms with Gasteiger partial charge in [-0.3, -0.25) is 4.98 Å². The minimum absolute atomic E-state index is 1.12. The Morgan fingerprint density at radius 1 is 0.556 bits per heavy atom. The zero-order valence-corrected chi connectivity index (χ0v) is 20.3. The minimum Gasteiger partial charge on any atom is -0.308 e. The Morgan fingerprint density at radius 2 is 1.19 bits per heavy atom. The molecule has 0 bridgehead atoms. The first-order valence-corrected chi connectivity index (χ1v) is 12.9. The van der Waals surface area contributed by atoms with Gasteiger partial charge in [-0.05, 0) is 41.0 Å². The van der Waals surface area contributed by atoms with Gasteiger partial charge < -0.3 is 4.57 Å². The number of thiophene rings is 1. The van der Waals surface area contributed by atoms with Crippen molar-refractivity contribution >= 4 is 33.1 Å². The highest BCUT2D eigenvalue weighted by molar-refractivity contribution is 7.21. The molecule has 7 rings (SSSR count). The molecule has 0 unspecified atom stereocenters. The van der Waals surface area contributed by atoms with E-state index >= 15 is 0 Å². The number of pyridine rings is 1. The van der Waals surface area contributed by atoms with E-state index in [4.69, 9.17) is 0 Å². The summed E-state index contributed by atoms with van der Waals surface area (Å²) >= 11 is 1.88. The minimum atomic E-state index is 1.12. The molecular weight excluding hydrogens is 456 g/mol. The summed E-state index contributed by atoms with van der Waals surface area (Å²) in [6.07, 6.45) is 3.76. The van der Waals surface area contributed by atoms with Gasteiger partial charge in [0.05, 0.1) is 15.9 Å². The second kappa shape index (κ2) is 8.63. The molecule has 3 aromatic heterocycles. The summed E-state index contributed by atoms with van der Waals surface area (Å²) in [6.45, 7) is 0. The SMILES string of the molecule is c1ccc(-c2sc(-c3ccccc3)c3c2c2ccc(-c4cccnc4)cc2n3-c2ccccc2)cc1. The van der Waals surface area contributed by atoms with Crippen LogP contribution in [-0.4, -0.2) is 9.55 Å². The van der Waals surface area contributed by atoms with Crippen LogP contribution in [0, 0.1) is 0 Å². The van der Waals surface area contributed by atoms with Gasteiger partial charge in [-0.2, -0.15) is 0 Å². The monoisotopic (exact) mass is 478 g/mol. The lowest BCUT2D eigenvalue weighted by atomic mass is 10.0. The van der Waals surface area contributed by atoms with Crippen LogP contribution in [0.1, 0.15) is 0 Å². The van der Waals surface area contributed by atoms with E-state index in [1.165, 1.54) is 48.3 Å². The fourth-order valence-corrected chi connectivity index (χ4v) is 6.38. The third-order valence-electron chi connectivity index (χ3n) is 6.70. The van der Waals surface area contributed by atoms with Crippen molar-refractivity contribution in [2.75, 3.05) is 0 Å². The van der Waals surface area contributed by atoms with Gasteiger partial charge in [0.1, 0.15) is 0 Å². The molecule has 0 atom stereocenters. The Labute approximate surface area is 213 Å². The van der Waals surface area contributed by atoms with Gasteiger partial charge in [-0.25, -0.2) is 0 Å². The van der Waals surface area contributed by atoms with Crippen LogP contribution in [0.25, 0.3) is 59.5 Å². The van der Waals surface area contributed by atoms with Crippen molar-refractivity contribution in [3.63, 3.8) is 0 Å². The highest BCUT2D eigenvalue weighted by Gasteiger charge is 2.23. The van der Waals surface area contributed by atoms with Crippen molar-refractivity contribution < 1.29 is 0 Å². The molecule has 2 nitrogen and oxygen atoms in total. The average Bonchev–Trinajstić information content (AvgIpc) is 3.50. The highest BCUT2D eigenvalue weighted by atomic mass is 32.1. The summed E-state index contributed by atoms with van der Waals surface area (Å²) in [6, 6.07) is 43.2. The van der Waals surface area contributed by atoms with E-state index in [1.807, 2.05) is 29.8 Å². The number of hydrogen-bond donors (Lipinski definition) is 0. The van der Waals surface area contributed by atoms with Crippen molar-refractivity contribution in [2.24, 2.45) is 0 Å². The van der Waals surface area contributed by atoms with E-state index in [1.54, 1.807) is 0 Å². The fraction of sp³-hybridized carbons (Fsp3) is 0. The summed E-state index contributed by atoms with van der Waals surface area (Å²) in [7, 11) is 0. The number of benzene rings is 4. The van der Waals surface area contributed by atoms with Crippen molar-refractivity contribution in [1.82, 2.24) is 9.55 Å². The second-order valence-electron chi connectivity index (χ2n) is 8.86. The zero-order chi connectivity index (χ0) is 23.9. The lowest BCUT2D eigenvalue weighted by Gasteiger charge is -2.10. The first-order valence-electron chi connectivity index (χ1n) is 12.1. The van der Waals surface area contributed by atoms with Gasteiger partial charge in [0.25, 0.3) is 0 Å². The highest BCUT2D eigenvalue weighted by Crippen LogP contribution is 2.49. The Hall–Kier alpha value is -4.47. The molecule has 170 valence electrons. The molecule has 7 aromatic rings. The molecule has 0 aliphatic heterocycles. The molecule has 0 aliphatic rings. The molecule has 0 radical (unpaired) electrons. The Kier molecular flexibility index (Phi) is 5.00. The van der Waals surface area contributed by atoms with Crippen LogP contribution in [-0.2, 0) is 0 Å². The summed E-state index contributed by atoms with van der Waals surface area (Å²) < 4.78 is 2.44. The molecule has 0 aliphatic carbocycles. The third-order valence-corrected chi connectivity index (χ3v) is 7.97. The lowest BCUT2D eigenvalue weighted by Crippen LogP contribution is -1.94. The summed E-state index contributed by atoms with van der Waals surface area (Å²) in [5.41, 5.74) is 8.40. The van der Waals surface area contributed by atoms with Crippen molar-refractivity contribution in [3.8, 4) is 37.7 Å². The van der Waals surface area contributed by atoms with E-state index in [2.05, 4.69) is 125 Å². The number of hydrogen-bond acceptors (Lipinski definition) is 2. The molecule has 36 heavy (non-hydrogen) atoms. The van der Waals surface area contributed by atoms with Crippen LogP contribution in [0.4, 0.5) is 0 Å².